The molecule has 1 aliphatic heterocycles. The van der Waals surface area contributed by atoms with Gasteiger partial charge in [0.05, 0.1) is 7.11 Å². The van der Waals surface area contributed by atoms with Crippen LogP contribution in [0.1, 0.15) is 5.56 Å². The van der Waals surface area contributed by atoms with Crippen molar-refractivity contribution in [3.05, 3.63) is 42.0 Å². The van der Waals surface area contributed by atoms with Crippen LogP contribution in [0.3, 0.4) is 0 Å². The van der Waals surface area contributed by atoms with Gasteiger partial charge in [-0.3, -0.25) is 19.8 Å². The Kier molecular flexibility index (Phi) is 4.26. The lowest BCUT2D eigenvalue weighted by molar-refractivity contribution is -0.129. The molecule has 2 rings (SSSR count). The van der Waals surface area contributed by atoms with Crippen LogP contribution in [-0.4, -0.2) is 41.5 Å². The Bertz CT molecular complexity index is 693. The van der Waals surface area contributed by atoms with Gasteiger partial charge in [0.2, 0.25) is 0 Å². The number of nitrogens with zero attached hydrogens (tertiary/aromatic N) is 1. The maximum absolute atomic E-state index is 12.2. The number of phenolic OH excluding ortho intramolecular Hbond substituents is 1. The predicted molar refractivity (Wildman–Crippen MR) is 78.1 cm³/mol. The first-order valence-corrected chi connectivity index (χ1v) is 6.34. The second-order valence-corrected chi connectivity index (χ2v) is 4.45. The van der Waals surface area contributed by atoms with E-state index in [1.807, 2.05) is 0 Å². The minimum absolute atomic E-state index is 0.00577. The van der Waals surface area contributed by atoms with Crippen LogP contribution in [0.25, 0.3) is 6.08 Å². The number of carbonyl (C=O) groups is 3. The van der Waals surface area contributed by atoms with Gasteiger partial charge in [0.15, 0.2) is 11.5 Å². The van der Waals surface area contributed by atoms with E-state index < -0.39 is 17.8 Å². The molecular formula is C15H14N2O5. The van der Waals surface area contributed by atoms with Crippen molar-refractivity contribution in [1.29, 1.82) is 0 Å². The van der Waals surface area contributed by atoms with Gasteiger partial charge in [-0.1, -0.05) is 12.1 Å². The summed E-state index contributed by atoms with van der Waals surface area (Å²) in [4.78, 5) is 36.5. The topological polar surface area (TPSA) is 95.9 Å². The quantitative estimate of drug-likeness (QED) is 0.492. The van der Waals surface area contributed by atoms with E-state index in [1.54, 1.807) is 0 Å². The summed E-state index contributed by atoms with van der Waals surface area (Å²) in [7, 11) is 1.38. The maximum Gasteiger partial charge on any atom is 0.331 e. The Morgan fingerprint density at radius 1 is 1.36 bits per heavy atom. The summed E-state index contributed by atoms with van der Waals surface area (Å²) in [6, 6.07) is 3.58. The highest BCUT2D eigenvalue weighted by Crippen LogP contribution is 2.27. The highest BCUT2D eigenvalue weighted by molar-refractivity contribution is 6.31. The molecule has 1 saturated heterocycles. The van der Waals surface area contributed by atoms with Gasteiger partial charge in [0.1, 0.15) is 5.57 Å². The summed E-state index contributed by atoms with van der Waals surface area (Å²) in [6.45, 7) is 3.46. The first-order valence-electron chi connectivity index (χ1n) is 6.34. The van der Waals surface area contributed by atoms with E-state index in [-0.39, 0.29) is 23.6 Å². The largest absolute Gasteiger partial charge is 0.504 e. The molecule has 1 aliphatic rings. The van der Waals surface area contributed by atoms with Crippen molar-refractivity contribution in [2.75, 3.05) is 13.7 Å². The van der Waals surface area contributed by atoms with Crippen LogP contribution in [0.5, 0.6) is 11.5 Å². The lowest BCUT2D eigenvalue weighted by Crippen LogP contribution is -2.54. The fourth-order valence-corrected chi connectivity index (χ4v) is 1.94. The minimum Gasteiger partial charge on any atom is -0.504 e. The Morgan fingerprint density at radius 2 is 2.09 bits per heavy atom. The molecule has 0 unspecified atom stereocenters. The molecule has 114 valence electrons. The van der Waals surface area contributed by atoms with Crippen LogP contribution in [-0.2, 0) is 9.59 Å². The maximum atomic E-state index is 12.2. The first-order chi connectivity index (χ1) is 10.5. The summed E-state index contributed by atoms with van der Waals surface area (Å²) in [5.74, 6) is -1.34. The summed E-state index contributed by atoms with van der Waals surface area (Å²) in [6.07, 6.45) is 2.70. The van der Waals surface area contributed by atoms with Gasteiger partial charge in [-0.05, 0) is 23.8 Å². The number of phenols is 1. The summed E-state index contributed by atoms with van der Waals surface area (Å²) >= 11 is 0. The van der Waals surface area contributed by atoms with Crippen molar-refractivity contribution in [3.63, 3.8) is 0 Å². The van der Waals surface area contributed by atoms with Gasteiger partial charge in [0, 0.05) is 6.54 Å². The predicted octanol–water partition coefficient (Wildman–Crippen LogP) is 1.05. The molecule has 7 heteroatoms. The Hall–Kier alpha value is -3.09. The van der Waals surface area contributed by atoms with Crippen LogP contribution in [0, 0.1) is 0 Å². The second kappa shape index (κ2) is 6.13. The van der Waals surface area contributed by atoms with Crippen molar-refractivity contribution in [2.45, 2.75) is 0 Å². The number of carbonyl (C=O) groups excluding carboxylic acids is 3. The zero-order valence-corrected chi connectivity index (χ0v) is 11.8. The molecule has 0 spiro atoms. The average molecular weight is 302 g/mol. The van der Waals surface area contributed by atoms with Gasteiger partial charge in [-0.25, -0.2) is 4.79 Å². The van der Waals surface area contributed by atoms with Crippen molar-refractivity contribution in [3.8, 4) is 11.5 Å². The van der Waals surface area contributed by atoms with Crippen molar-refractivity contribution in [1.82, 2.24) is 10.2 Å². The van der Waals surface area contributed by atoms with E-state index in [1.165, 1.54) is 37.5 Å². The number of aromatic hydroxyl groups is 1. The van der Waals surface area contributed by atoms with E-state index in [0.717, 1.165) is 4.90 Å². The number of benzene rings is 1. The molecule has 1 fully saturated rings. The number of hydrogen-bond donors (Lipinski definition) is 2. The molecule has 1 heterocycles. The third kappa shape index (κ3) is 2.83. The molecule has 0 radical (unpaired) electrons. The molecule has 2 N–H and O–H groups in total. The number of barbiturate groups is 1. The van der Waals surface area contributed by atoms with Crippen LogP contribution in [0.15, 0.2) is 36.4 Å². The molecular weight excluding hydrogens is 288 g/mol. The molecule has 22 heavy (non-hydrogen) atoms. The highest BCUT2D eigenvalue weighted by Gasteiger charge is 2.34. The molecule has 4 amide bonds. The fourth-order valence-electron chi connectivity index (χ4n) is 1.94. The third-order valence-electron chi connectivity index (χ3n) is 3.01. The molecule has 0 bridgehead atoms. The first kappa shape index (κ1) is 15.3. The standard InChI is InChI=1S/C15H14N2O5/c1-3-6-17-14(20)10(13(19)16-15(17)21)7-9-4-5-11(18)12(8-9)22-2/h3-5,7-8,18H,1,6H2,2H3,(H,16,19,21)/b10-7-. The van der Waals surface area contributed by atoms with Crippen molar-refractivity contribution >= 4 is 23.9 Å². The van der Waals surface area contributed by atoms with E-state index in [2.05, 4.69) is 11.9 Å². The van der Waals surface area contributed by atoms with E-state index in [0.29, 0.717) is 5.56 Å². The molecule has 0 aromatic heterocycles. The van der Waals surface area contributed by atoms with E-state index in [9.17, 15) is 19.5 Å². The van der Waals surface area contributed by atoms with Gasteiger partial charge in [-0.2, -0.15) is 0 Å². The Labute approximate surface area is 126 Å². The fraction of sp³-hybridized carbons (Fsp3) is 0.133. The number of imide groups is 2. The van der Waals surface area contributed by atoms with Crippen LogP contribution < -0.4 is 10.1 Å². The number of amides is 4. The number of methoxy groups -OCH3 is 1. The summed E-state index contributed by atoms with van der Waals surface area (Å²) in [5.41, 5.74) is 0.287. The van der Waals surface area contributed by atoms with Crippen molar-refractivity contribution < 1.29 is 24.2 Å². The zero-order valence-electron chi connectivity index (χ0n) is 11.8. The minimum atomic E-state index is -0.782. The van der Waals surface area contributed by atoms with Gasteiger partial charge in [0.25, 0.3) is 11.8 Å². The Balaban J connectivity index is 2.40. The SMILES string of the molecule is C=CCN1C(=O)NC(=O)/C(=C/c2ccc(O)c(OC)c2)C1=O. The number of ether oxygens (including phenoxy) is 1. The third-order valence-corrected chi connectivity index (χ3v) is 3.01. The Morgan fingerprint density at radius 3 is 2.73 bits per heavy atom. The molecule has 7 nitrogen and oxygen atoms in total. The van der Waals surface area contributed by atoms with Crippen molar-refractivity contribution in [2.24, 2.45) is 0 Å². The number of urea groups is 1. The van der Waals surface area contributed by atoms with Gasteiger partial charge in [-0.15, -0.1) is 6.58 Å². The molecule has 1 aromatic rings. The molecule has 0 aliphatic carbocycles. The normalized spacial score (nSPS) is 16.7. The number of nitrogens with one attached hydrogen (secondary N) is 1. The van der Waals surface area contributed by atoms with E-state index in [4.69, 9.17) is 4.74 Å². The van der Waals surface area contributed by atoms with E-state index >= 15 is 0 Å². The number of hydrogen-bond acceptors (Lipinski definition) is 5. The lowest BCUT2D eigenvalue weighted by atomic mass is 10.1. The van der Waals surface area contributed by atoms with Gasteiger partial charge < -0.3 is 9.84 Å². The smallest absolute Gasteiger partial charge is 0.331 e. The zero-order chi connectivity index (χ0) is 16.3. The van der Waals surface area contributed by atoms with Crippen LogP contribution >= 0.6 is 0 Å². The highest BCUT2D eigenvalue weighted by atomic mass is 16.5. The molecule has 1 aromatic carbocycles. The molecule has 0 atom stereocenters. The lowest BCUT2D eigenvalue weighted by Gasteiger charge is -2.25. The van der Waals surface area contributed by atoms with Gasteiger partial charge >= 0.3 is 6.03 Å². The van der Waals surface area contributed by atoms with Crippen LogP contribution in [0.2, 0.25) is 0 Å². The second-order valence-electron chi connectivity index (χ2n) is 4.45. The summed E-state index contributed by atoms with van der Waals surface area (Å²) in [5, 5.41) is 11.6. The summed E-state index contributed by atoms with van der Waals surface area (Å²) < 4.78 is 4.96. The van der Waals surface area contributed by atoms with Crippen LogP contribution in [0.4, 0.5) is 4.79 Å². The monoisotopic (exact) mass is 302 g/mol. The number of rotatable bonds is 4. The molecule has 0 saturated carbocycles. The average Bonchev–Trinajstić information content (AvgIpc) is 2.49.